The van der Waals surface area contributed by atoms with Crippen molar-refractivity contribution in [3.63, 3.8) is 0 Å². The van der Waals surface area contributed by atoms with E-state index in [1.165, 1.54) is 5.69 Å². The number of nitrogens with zero attached hydrogens (tertiary/aromatic N) is 2. The molecule has 4 heteroatoms. The molecule has 1 atom stereocenters. The molecule has 0 aliphatic carbocycles. The van der Waals surface area contributed by atoms with Gasteiger partial charge in [0.15, 0.2) is 0 Å². The third-order valence-corrected chi connectivity index (χ3v) is 3.69. The molecule has 2 rings (SSSR count). The molecule has 1 heterocycles. The molecule has 1 aromatic rings. The minimum Gasteiger partial charge on any atom is -0.369 e. The lowest BCUT2D eigenvalue weighted by atomic mass is 10.2. The normalized spacial score (nSPS) is 19.4. The van der Waals surface area contributed by atoms with Gasteiger partial charge in [-0.2, -0.15) is 0 Å². The van der Waals surface area contributed by atoms with Crippen LogP contribution in [0.3, 0.4) is 0 Å². The smallest absolute Gasteiger partial charge is 0.0426 e. The fourth-order valence-electron chi connectivity index (χ4n) is 2.24. The van der Waals surface area contributed by atoms with Gasteiger partial charge in [0.05, 0.1) is 0 Å². The highest BCUT2D eigenvalue weighted by Crippen LogP contribution is 2.21. The lowest BCUT2D eigenvalue weighted by Crippen LogP contribution is -2.51. The summed E-state index contributed by atoms with van der Waals surface area (Å²) in [5.41, 5.74) is 6.92. The number of halogens is 1. The van der Waals surface area contributed by atoms with Crippen molar-refractivity contribution in [2.75, 3.05) is 37.6 Å². The summed E-state index contributed by atoms with van der Waals surface area (Å²) in [7, 11) is 0. The number of hydrogen-bond donors (Lipinski definition) is 1. The van der Waals surface area contributed by atoms with Gasteiger partial charge in [-0.25, -0.2) is 0 Å². The Morgan fingerprint density at radius 2 is 2.00 bits per heavy atom. The second kappa shape index (κ2) is 5.71. The summed E-state index contributed by atoms with van der Waals surface area (Å²) in [5.74, 6) is 0. The van der Waals surface area contributed by atoms with Gasteiger partial charge in [-0.15, -0.1) is 0 Å². The van der Waals surface area contributed by atoms with Crippen LogP contribution in [0.4, 0.5) is 5.69 Å². The van der Waals surface area contributed by atoms with Gasteiger partial charge in [0, 0.05) is 49.5 Å². The van der Waals surface area contributed by atoms with E-state index in [9.17, 15) is 0 Å². The Morgan fingerprint density at radius 3 is 2.59 bits per heavy atom. The molecule has 0 aromatic heterocycles. The van der Waals surface area contributed by atoms with Crippen molar-refractivity contribution in [1.82, 2.24) is 4.90 Å². The zero-order valence-corrected chi connectivity index (χ0v) is 11.0. The van der Waals surface area contributed by atoms with Crippen LogP contribution in [0, 0.1) is 0 Å². The molecule has 1 fully saturated rings. The molecule has 3 nitrogen and oxygen atoms in total. The van der Waals surface area contributed by atoms with Gasteiger partial charge in [-0.1, -0.05) is 17.7 Å². The van der Waals surface area contributed by atoms with E-state index in [0.29, 0.717) is 6.04 Å². The van der Waals surface area contributed by atoms with Crippen LogP contribution in [-0.4, -0.2) is 43.7 Å². The van der Waals surface area contributed by atoms with E-state index in [4.69, 9.17) is 17.3 Å². The Hall–Kier alpha value is -0.770. The first-order valence-electron chi connectivity index (χ1n) is 6.15. The van der Waals surface area contributed by atoms with Crippen LogP contribution in [0.15, 0.2) is 24.3 Å². The summed E-state index contributed by atoms with van der Waals surface area (Å²) in [4.78, 5) is 4.83. The van der Waals surface area contributed by atoms with Crippen molar-refractivity contribution < 1.29 is 0 Å². The number of anilines is 1. The monoisotopic (exact) mass is 253 g/mol. The van der Waals surface area contributed by atoms with Gasteiger partial charge < -0.3 is 10.6 Å². The largest absolute Gasteiger partial charge is 0.369 e. The highest BCUT2D eigenvalue weighted by molar-refractivity contribution is 6.30. The van der Waals surface area contributed by atoms with Gasteiger partial charge in [-0.3, -0.25) is 4.90 Å². The molecule has 0 bridgehead atoms. The highest BCUT2D eigenvalue weighted by Gasteiger charge is 2.20. The van der Waals surface area contributed by atoms with Crippen molar-refractivity contribution >= 4 is 17.3 Å². The fraction of sp³-hybridized carbons (Fsp3) is 0.538. The minimum atomic E-state index is 0.483. The molecule has 1 saturated heterocycles. The average Bonchev–Trinajstić information content (AvgIpc) is 2.38. The number of hydrogen-bond acceptors (Lipinski definition) is 3. The van der Waals surface area contributed by atoms with Crippen molar-refractivity contribution in [3.05, 3.63) is 29.3 Å². The van der Waals surface area contributed by atoms with Crippen molar-refractivity contribution in [2.24, 2.45) is 5.73 Å². The van der Waals surface area contributed by atoms with Crippen LogP contribution < -0.4 is 10.6 Å². The molecule has 0 spiro atoms. The standard InChI is InChI=1S/C13H20ClN3/c1-11(10-15)16-5-7-17(8-6-16)13-4-2-3-12(14)9-13/h2-4,9,11H,5-8,10,15H2,1H3. The third kappa shape index (κ3) is 3.12. The lowest BCUT2D eigenvalue weighted by Gasteiger charge is -2.38. The molecule has 1 unspecified atom stereocenters. The first-order chi connectivity index (χ1) is 8.20. The fourth-order valence-corrected chi connectivity index (χ4v) is 2.43. The number of benzene rings is 1. The van der Waals surface area contributed by atoms with Crippen LogP contribution in [-0.2, 0) is 0 Å². The van der Waals surface area contributed by atoms with Gasteiger partial charge in [0.1, 0.15) is 0 Å². The molecule has 0 radical (unpaired) electrons. The summed E-state index contributed by atoms with van der Waals surface area (Å²) >= 11 is 6.01. The van der Waals surface area contributed by atoms with Crippen LogP contribution in [0.5, 0.6) is 0 Å². The van der Waals surface area contributed by atoms with Gasteiger partial charge >= 0.3 is 0 Å². The molecule has 2 N–H and O–H groups in total. The van der Waals surface area contributed by atoms with E-state index in [1.54, 1.807) is 0 Å². The second-order valence-corrected chi connectivity index (χ2v) is 5.02. The van der Waals surface area contributed by atoms with Gasteiger partial charge in [0.2, 0.25) is 0 Å². The predicted molar refractivity (Wildman–Crippen MR) is 73.8 cm³/mol. The Labute approximate surface area is 108 Å². The van der Waals surface area contributed by atoms with E-state index in [2.05, 4.69) is 22.8 Å². The highest BCUT2D eigenvalue weighted by atomic mass is 35.5. The van der Waals surface area contributed by atoms with Crippen molar-refractivity contribution in [2.45, 2.75) is 13.0 Å². The summed E-state index contributed by atoms with van der Waals surface area (Å²) in [6.07, 6.45) is 0. The maximum atomic E-state index is 6.01. The first-order valence-corrected chi connectivity index (χ1v) is 6.53. The zero-order chi connectivity index (χ0) is 12.3. The Kier molecular flexibility index (Phi) is 4.26. The van der Waals surface area contributed by atoms with Crippen LogP contribution in [0.2, 0.25) is 5.02 Å². The molecule has 0 saturated carbocycles. The molecule has 1 aliphatic rings. The lowest BCUT2D eigenvalue weighted by molar-refractivity contribution is 0.201. The number of piperazine rings is 1. The van der Waals surface area contributed by atoms with Gasteiger partial charge in [-0.05, 0) is 25.1 Å². The number of rotatable bonds is 3. The topological polar surface area (TPSA) is 32.5 Å². The van der Waals surface area contributed by atoms with E-state index in [-0.39, 0.29) is 0 Å². The van der Waals surface area contributed by atoms with E-state index >= 15 is 0 Å². The first kappa shape index (κ1) is 12.7. The SMILES string of the molecule is CC(CN)N1CCN(c2cccc(Cl)c2)CC1. The van der Waals surface area contributed by atoms with Crippen molar-refractivity contribution in [1.29, 1.82) is 0 Å². The third-order valence-electron chi connectivity index (χ3n) is 3.45. The summed E-state index contributed by atoms with van der Waals surface area (Å²) in [6, 6.07) is 8.55. The van der Waals surface area contributed by atoms with E-state index in [1.807, 2.05) is 18.2 Å². The van der Waals surface area contributed by atoms with E-state index < -0.39 is 0 Å². The quantitative estimate of drug-likeness (QED) is 0.892. The minimum absolute atomic E-state index is 0.483. The molecular weight excluding hydrogens is 234 g/mol. The molecule has 0 amide bonds. The molecule has 17 heavy (non-hydrogen) atoms. The Morgan fingerprint density at radius 1 is 1.29 bits per heavy atom. The molecule has 94 valence electrons. The summed E-state index contributed by atoms with van der Waals surface area (Å²) in [5, 5.41) is 0.806. The molecular formula is C13H20ClN3. The maximum Gasteiger partial charge on any atom is 0.0426 e. The molecule has 1 aliphatic heterocycles. The van der Waals surface area contributed by atoms with E-state index in [0.717, 1.165) is 37.7 Å². The predicted octanol–water partition coefficient (Wildman–Crippen LogP) is 1.81. The number of nitrogens with two attached hydrogens (primary N) is 1. The Balaban J connectivity index is 1.95. The second-order valence-electron chi connectivity index (χ2n) is 4.59. The molecule has 1 aromatic carbocycles. The summed E-state index contributed by atoms with van der Waals surface area (Å²) < 4.78 is 0. The maximum absolute atomic E-state index is 6.01. The van der Waals surface area contributed by atoms with Crippen LogP contribution >= 0.6 is 11.6 Å². The zero-order valence-electron chi connectivity index (χ0n) is 10.3. The average molecular weight is 254 g/mol. The Bertz CT molecular complexity index is 361. The van der Waals surface area contributed by atoms with Crippen LogP contribution in [0.25, 0.3) is 0 Å². The summed E-state index contributed by atoms with van der Waals surface area (Å²) in [6.45, 7) is 7.16. The van der Waals surface area contributed by atoms with Gasteiger partial charge in [0.25, 0.3) is 0 Å². The van der Waals surface area contributed by atoms with Crippen molar-refractivity contribution in [3.8, 4) is 0 Å². The van der Waals surface area contributed by atoms with Crippen LogP contribution in [0.1, 0.15) is 6.92 Å².